The Balaban J connectivity index is 2.26. The Morgan fingerprint density at radius 1 is 0.423 bits per heavy atom. The van der Waals surface area contributed by atoms with E-state index in [4.69, 9.17) is 17.7 Å². The summed E-state index contributed by atoms with van der Waals surface area (Å²) in [5.74, 6) is 0. The molecule has 0 atom stereocenters. The quantitative estimate of drug-likeness (QED) is 0.527. The van der Waals surface area contributed by atoms with E-state index in [0.29, 0.717) is 0 Å². The average Bonchev–Trinajstić information content (AvgIpc) is 2.20. The lowest BCUT2D eigenvalue weighted by molar-refractivity contribution is 0.0424. The third-order valence-corrected chi connectivity index (χ3v) is 9.42. The van der Waals surface area contributed by atoms with Crippen LogP contribution < -0.4 is 0 Å². The van der Waals surface area contributed by atoms with E-state index < -0.39 is 39.5 Å². The highest BCUT2D eigenvalue weighted by Gasteiger charge is 2.60. The van der Waals surface area contributed by atoms with Gasteiger partial charge < -0.3 is 17.7 Å². The Kier molecular flexibility index (Phi) is 4.11. The summed E-state index contributed by atoms with van der Waals surface area (Å²) < 4.78 is 26.4. The Morgan fingerprint density at radius 2 is 0.577 bits per heavy atom. The fourth-order valence-corrected chi connectivity index (χ4v) is 11.0. The fraction of sp³-hybridized carbons (Fsp3) is 0.800. The molecule has 0 spiro atoms. The maximum Gasteiger partial charge on any atom is 0.333 e. The van der Waals surface area contributed by atoms with E-state index in [9.17, 15) is 0 Å². The molecule has 0 saturated heterocycles. The molecule has 2 heterocycles. The molecule has 0 radical (unpaired) electrons. The van der Waals surface area contributed by atoms with Crippen LogP contribution in [0.1, 0.15) is 55.4 Å². The van der Waals surface area contributed by atoms with Gasteiger partial charge in [-0.05, 0) is 104 Å². The first kappa shape index (κ1) is 20.5. The predicted octanol–water partition coefficient (Wildman–Crippen LogP) is 5.20. The smallest absolute Gasteiger partial charge is 0.333 e. The van der Waals surface area contributed by atoms with E-state index in [1.165, 1.54) is 22.3 Å². The molecule has 3 aliphatic rings. The van der Waals surface area contributed by atoms with Crippen molar-refractivity contribution in [2.45, 2.75) is 104 Å². The predicted molar refractivity (Wildman–Crippen MR) is 110 cm³/mol. The zero-order valence-electron chi connectivity index (χ0n) is 18.6. The van der Waals surface area contributed by atoms with Crippen LogP contribution in [-0.4, -0.2) is 39.5 Å². The average molecular weight is 397 g/mol. The van der Waals surface area contributed by atoms with Gasteiger partial charge in [0.1, 0.15) is 0 Å². The SMILES string of the molecule is CC1(C)O[Si](C)(C)OC(C)(C)C2=C1C1=C2C(C)(C)O[Si](C)(C)OC1(C)C. The van der Waals surface area contributed by atoms with Gasteiger partial charge in [-0.3, -0.25) is 0 Å². The molecule has 26 heavy (non-hydrogen) atoms. The molecule has 0 saturated carbocycles. The van der Waals surface area contributed by atoms with E-state index in [0.717, 1.165) is 0 Å². The van der Waals surface area contributed by atoms with E-state index in [1.807, 2.05) is 0 Å². The highest BCUT2D eigenvalue weighted by Crippen LogP contribution is 2.60. The lowest BCUT2D eigenvalue weighted by atomic mass is 9.60. The molecule has 148 valence electrons. The molecule has 0 bridgehead atoms. The van der Waals surface area contributed by atoms with Gasteiger partial charge in [0.15, 0.2) is 0 Å². The van der Waals surface area contributed by atoms with Crippen molar-refractivity contribution in [1.29, 1.82) is 0 Å². The highest BCUT2D eigenvalue weighted by atomic mass is 28.4. The summed E-state index contributed by atoms with van der Waals surface area (Å²) in [7, 11) is -4.59. The maximum absolute atomic E-state index is 6.60. The van der Waals surface area contributed by atoms with Crippen molar-refractivity contribution < 1.29 is 17.7 Å². The van der Waals surface area contributed by atoms with Gasteiger partial charge in [-0.1, -0.05) is 0 Å². The first-order valence-corrected chi connectivity index (χ1v) is 15.3. The molecule has 1 aliphatic carbocycles. The summed E-state index contributed by atoms with van der Waals surface area (Å²) in [6.07, 6.45) is 0. The molecule has 0 aromatic rings. The summed E-state index contributed by atoms with van der Waals surface area (Å²) in [6, 6.07) is 0. The molecule has 6 heteroatoms. The van der Waals surface area contributed by atoms with Crippen LogP contribution in [0.4, 0.5) is 0 Å². The summed E-state index contributed by atoms with van der Waals surface area (Å²) in [5.41, 5.74) is 3.37. The van der Waals surface area contributed by atoms with Crippen LogP contribution in [0.5, 0.6) is 0 Å². The molecule has 0 aromatic heterocycles. The fourth-order valence-electron chi connectivity index (χ4n) is 5.55. The van der Waals surface area contributed by atoms with Crippen molar-refractivity contribution in [3.8, 4) is 0 Å². The van der Waals surface area contributed by atoms with Crippen LogP contribution in [0.3, 0.4) is 0 Å². The molecule has 0 amide bonds. The van der Waals surface area contributed by atoms with Crippen LogP contribution in [0.25, 0.3) is 0 Å². The van der Waals surface area contributed by atoms with Crippen LogP contribution in [0.15, 0.2) is 22.3 Å². The number of hydrogen-bond donors (Lipinski definition) is 0. The van der Waals surface area contributed by atoms with E-state index in [1.54, 1.807) is 0 Å². The number of fused-ring (bicyclic) bond motifs is 2. The zero-order valence-corrected chi connectivity index (χ0v) is 20.6. The van der Waals surface area contributed by atoms with Crippen molar-refractivity contribution in [2.75, 3.05) is 0 Å². The molecule has 2 aliphatic heterocycles. The van der Waals surface area contributed by atoms with E-state index in [-0.39, 0.29) is 0 Å². The van der Waals surface area contributed by atoms with Crippen LogP contribution in [-0.2, 0) is 17.7 Å². The largest absolute Gasteiger partial charge is 0.385 e. The molecule has 3 rings (SSSR count). The van der Waals surface area contributed by atoms with Gasteiger partial charge in [0.25, 0.3) is 0 Å². The van der Waals surface area contributed by atoms with Crippen molar-refractivity contribution in [1.82, 2.24) is 0 Å². The van der Waals surface area contributed by atoms with Gasteiger partial charge in [-0.2, -0.15) is 0 Å². The first-order valence-electron chi connectivity index (χ1n) is 9.63. The van der Waals surface area contributed by atoms with E-state index in [2.05, 4.69) is 81.6 Å². The van der Waals surface area contributed by atoms with Crippen molar-refractivity contribution >= 4 is 17.1 Å². The standard InChI is InChI=1S/C20H36O4Si2/c1-17(2)13-14(18(3,4)22-25(9,10)21-17)16-15(13)19(5,6)23-26(11,12)24-20(16,7)8/h1-12H3. The van der Waals surface area contributed by atoms with Gasteiger partial charge in [0, 0.05) is 0 Å². The Morgan fingerprint density at radius 3 is 0.731 bits per heavy atom. The molecular formula is C20H36O4Si2. The van der Waals surface area contributed by atoms with Gasteiger partial charge in [-0.15, -0.1) is 0 Å². The molecule has 0 N–H and O–H groups in total. The third kappa shape index (κ3) is 3.03. The molecule has 4 nitrogen and oxygen atoms in total. The van der Waals surface area contributed by atoms with Crippen molar-refractivity contribution in [2.24, 2.45) is 0 Å². The lowest BCUT2D eigenvalue weighted by Crippen LogP contribution is -2.47. The molecule has 0 fully saturated rings. The lowest BCUT2D eigenvalue weighted by Gasteiger charge is -2.49. The zero-order chi connectivity index (χ0) is 20.1. The van der Waals surface area contributed by atoms with Crippen molar-refractivity contribution in [3.63, 3.8) is 0 Å². The van der Waals surface area contributed by atoms with Gasteiger partial charge in [0.2, 0.25) is 0 Å². The first-order chi connectivity index (χ1) is 11.3. The Labute approximate surface area is 161 Å². The van der Waals surface area contributed by atoms with Crippen LogP contribution in [0, 0.1) is 0 Å². The summed E-state index contributed by atoms with van der Waals surface area (Å²) in [4.78, 5) is 0. The topological polar surface area (TPSA) is 36.9 Å². The number of rotatable bonds is 0. The minimum absolute atomic E-state index is 0.412. The second-order valence-electron chi connectivity index (χ2n) is 10.7. The van der Waals surface area contributed by atoms with Crippen LogP contribution in [0.2, 0.25) is 26.2 Å². The summed E-state index contributed by atoms with van der Waals surface area (Å²) in [6.45, 7) is 25.9. The monoisotopic (exact) mass is 396 g/mol. The second-order valence-corrected chi connectivity index (χ2v) is 17.2. The highest BCUT2D eigenvalue weighted by molar-refractivity contribution is 6.65. The number of hydrogen-bond acceptors (Lipinski definition) is 4. The third-order valence-electron chi connectivity index (χ3n) is 5.41. The summed E-state index contributed by atoms with van der Waals surface area (Å²) >= 11 is 0. The summed E-state index contributed by atoms with van der Waals surface area (Å²) in [5, 5.41) is 0. The minimum Gasteiger partial charge on any atom is -0.385 e. The molecule has 0 aromatic carbocycles. The normalized spacial score (nSPS) is 32.8. The minimum atomic E-state index is -2.29. The van der Waals surface area contributed by atoms with Crippen molar-refractivity contribution in [3.05, 3.63) is 22.3 Å². The Hall–Kier alpha value is -0.246. The molecular weight excluding hydrogens is 360 g/mol. The van der Waals surface area contributed by atoms with Gasteiger partial charge in [0.05, 0.1) is 22.4 Å². The van der Waals surface area contributed by atoms with Gasteiger partial charge >= 0.3 is 17.1 Å². The van der Waals surface area contributed by atoms with Crippen LogP contribution >= 0.6 is 0 Å². The maximum atomic E-state index is 6.60. The molecule has 0 unspecified atom stereocenters. The van der Waals surface area contributed by atoms with Gasteiger partial charge in [-0.25, -0.2) is 0 Å². The van der Waals surface area contributed by atoms with E-state index >= 15 is 0 Å². The Bertz CT molecular complexity index is 595. The second kappa shape index (κ2) is 5.21.